The summed E-state index contributed by atoms with van der Waals surface area (Å²) in [6.45, 7) is 6.91. The Labute approximate surface area is 135 Å². The molecule has 0 aliphatic heterocycles. The molecule has 1 aromatic rings. The third-order valence-electron chi connectivity index (χ3n) is 3.49. The van der Waals surface area contributed by atoms with Crippen LogP contribution < -0.4 is 5.32 Å². The van der Waals surface area contributed by atoms with Gasteiger partial charge < -0.3 is 10.1 Å². The number of rotatable bonds is 4. The molecule has 5 nitrogen and oxygen atoms in total. The van der Waals surface area contributed by atoms with Gasteiger partial charge >= 0.3 is 5.97 Å². The molecule has 0 aliphatic carbocycles. The summed E-state index contributed by atoms with van der Waals surface area (Å²) < 4.78 is 19.6. The minimum absolute atomic E-state index is 0.0828. The van der Waals surface area contributed by atoms with Gasteiger partial charge in [0.05, 0.1) is 7.11 Å². The monoisotopic (exact) mass is 320 g/mol. The minimum Gasteiger partial charge on any atom is -0.467 e. The number of methoxy groups -OCH3 is 1. The second-order valence-corrected chi connectivity index (χ2v) is 6.43. The van der Waals surface area contributed by atoms with Gasteiger partial charge in [0.1, 0.15) is 12.1 Å². The quantitative estimate of drug-likeness (QED) is 0.864. The molecule has 0 unspecified atom stereocenters. The van der Waals surface area contributed by atoms with Gasteiger partial charge in [-0.25, -0.2) is 9.18 Å². The van der Waals surface area contributed by atoms with Crippen molar-refractivity contribution in [2.45, 2.75) is 39.4 Å². The largest absolute Gasteiger partial charge is 0.467 e. The van der Waals surface area contributed by atoms with Crippen molar-refractivity contribution in [2.24, 2.45) is 5.41 Å². The van der Waals surface area contributed by atoms with Gasteiger partial charge in [-0.3, -0.25) is 4.79 Å². The van der Waals surface area contributed by atoms with Gasteiger partial charge in [-0.05, 0) is 12.3 Å². The van der Waals surface area contributed by atoms with E-state index in [0.29, 0.717) is 0 Å². The molecule has 23 heavy (non-hydrogen) atoms. The van der Waals surface area contributed by atoms with Gasteiger partial charge in [-0.15, -0.1) is 0 Å². The van der Waals surface area contributed by atoms with E-state index in [0.717, 1.165) is 5.56 Å². The molecule has 1 aromatic carbocycles. The van der Waals surface area contributed by atoms with Crippen molar-refractivity contribution < 1.29 is 18.7 Å². The molecule has 0 aromatic heterocycles. The average molecular weight is 320 g/mol. The summed E-state index contributed by atoms with van der Waals surface area (Å²) in [5.74, 6) is -1.88. The highest BCUT2D eigenvalue weighted by Crippen LogP contribution is 2.28. The Balaban J connectivity index is 3.15. The normalized spacial score (nSPS) is 15.0. The summed E-state index contributed by atoms with van der Waals surface area (Å²) >= 11 is 0. The first kappa shape index (κ1) is 18.6. The molecule has 0 saturated heterocycles. The molecular formula is C17H21FN2O3. The maximum atomic E-state index is 15.0. The summed E-state index contributed by atoms with van der Waals surface area (Å²) in [4.78, 5) is 24.2. The molecule has 0 radical (unpaired) electrons. The first-order valence-electron chi connectivity index (χ1n) is 7.12. The number of nitrogens with zero attached hydrogens (tertiary/aromatic N) is 1. The van der Waals surface area contributed by atoms with Crippen LogP contribution in [0.2, 0.25) is 0 Å². The van der Waals surface area contributed by atoms with E-state index in [-0.39, 0.29) is 5.56 Å². The number of esters is 1. The van der Waals surface area contributed by atoms with Crippen molar-refractivity contribution in [3.05, 3.63) is 35.4 Å². The number of carbonyl (C=O) groups excluding carboxylic acids is 2. The fraction of sp³-hybridized carbons (Fsp3) is 0.471. The Hall–Kier alpha value is -2.42. The van der Waals surface area contributed by atoms with E-state index >= 15 is 0 Å². The Kier molecular flexibility index (Phi) is 5.49. The lowest BCUT2D eigenvalue weighted by atomic mass is 9.85. The molecule has 0 bridgehead atoms. The first-order chi connectivity index (χ1) is 10.6. The number of nitriles is 1. The SMILES string of the molecule is COC(=O)[C@@H](NC(=O)[C@@](F)(C#N)c1ccc(C)cc1)C(C)(C)C. The Bertz CT molecular complexity index is 629. The van der Waals surface area contributed by atoms with E-state index in [4.69, 9.17) is 0 Å². The molecule has 0 aliphatic rings. The highest BCUT2D eigenvalue weighted by atomic mass is 19.1. The van der Waals surface area contributed by atoms with Crippen LogP contribution >= 0.6 is 0 Å². The van der Waals surface area contributed by atoms with Crippen LogP contribution in [0.4, 0.5) is 4.39 Å². The smallest absolute Gasteiger partial charge is 0.328 e. The molecule has 1 rings (SSSR count). The zero-order valence-electron chi connectivity index (χ0n) is 13.9. The standard InChI is InChI=1S/C17H21FN2O3/c1-11-6-8-12(9-7-11)17(18,10-19)15(22)20-13(14(21)23-5)16(2,3)4/h6-9,13H,1-5H3,(H,20,22)/t13-,17-/m1/s1. The number of alkyl halides is 1. The molecule has 0 fully saturated rings. The molecule has 0 spiro atoms. The number of hydrogen-bond acceptors (Lipinski definition) is 4. The second kappa shape index (κ2) is 6.78. The molecule has 0 saturated carbocycles. The number of benzene rings is 1. The van der Waals surface area contributed by atoms with Crippen LogP contribution in [0.3, 0.4) is 0 Å². The van der Waals surface area contributed by atoms with Crippen LogP contribution in [0.25, 0.3) is 0 Å². The predicted octanol–water partition coefficient (Wildman–Crippen LogP) is 2.39. The van der Waals surface area contributed by atoms with Crippen molar-refractivity contribution in [1.29, 1.82) is 5.26 Å². The van der Waals surface area contributed by atoms with E-state index < -0.39 is 29.0 Å². The third kappa shape index (κ3) is 4.07. The van der Waals surface area contributed by atoms with Crippen LogP contribution in [-0.2, 0) is 20.0 Å². The maximum absolute atomic E-state index is 15.0. The number of halogens is 1. The summed E-state index contributed by atoms with van der Waals surface area (Å²) in [7, 11) is 1.18. The van der Waals surface area contributed by atoms with Crippen molar-refractivity contribution in [2.75, 3.05) is 7.11 Å². The summed E-state index contributed by atoms with van der Waals surface area (Å²) in [5, 5.41) is 11.5. The molecule has 1 amide bonds. The lowest BCUT2D eigenvalue weighted by Crippen LogP contribution is -2.54. The Morgan fingerprint density at radius 1 is 1.26 bits per heavy atom. The summed E-state index contributed by atoms with van der Waals surface area (Å²) in [5.41, 5.74) is -2.80. The Morgan fingerprint density at radius 3 is 2.17 bits per heavy atom. The lowest BCUT2D eigenvalue weighted by Gasteiger charge is -2.30. The average Bonchev–Trinajstić information content (AvgIpc) is 2.50. The van der Waals surface area contributed by atoms with E-state index in [2.05, 4.69) is 10.1 Å². The highest BCUT2D eigenvalue weighted by Gasteiger charge is 2.45. The minimum atomic E-state index is -2.88. The highest BCUT2D eigenvalue weighted by molar-refractivity contribution is 5.93. The summed E-state index contributed by atoms with van der Waals surface area (Å²) in [6.07, 6.45) is 0. The van der Waals surface area contributed by atoms with Crippen molar-refractivity contribution in [1.82, 2.24) is 5.32 Å². The van der Waals surface area contributed by atoms with Gasteiger partial charge in [-0.2, -0.15) is 5.26 Å². The maximum Gasteiger partial charge on any atom is 0.328 e. The zero-order valence-corrected chi connectivity index (χ0v) is 13.9. The van der Waals surface area contributed by atoms with E-state index in [1.807, 2.05) is 6.92 Å². The van der Waals surface area contributed by atoms with Crippen molar-refractivity contribution in [3.8, 4) is 6.07 Å². The van der Waals surface area contributed by atoms with Gasteiger partial charge in [-0.1, -0.05) is 50.6 Å². The van der Waals surface area contributed by atoms with E-state index in [1.54, 1.807) is 32.9 Å². The van der Waals surface area contributed by atoms with E-state index in [9.17, 15) is 19.2 Å². The van der Waals surface area contributed by atoms with Gasteiger partial charge in [0.15, 0.2) is 0 Å². The lowest BCUT2D eigenvalue weighted by molar-refractivity contribution is -0.149. The molecule has 2 atom stereocenters. The fourth-order valence-corrected chi connectivity index (χ4v) is 2.01. The van der Waals surface area contributed by atoms with Crippen LogP contribution in [0.1, 0.15) is 31.9 Å². The summed E-state index contributed by atoms with van der Waals surface area (Å²) in [6, 6.07) is 6.29. The van der Waals surface area contributed by atoms with Gasteiger partial charge in [0.25, 0.3) is 11.6 Å². The number of aryl methyl sites for hydroxylation is 1. The van der Waals surface area contributed by atoms with Crippen LogP contribution in [-0.4, -0.2) is 25.0 Å². The number of hydrogen-bond donors (Lipinski definition) is 1. The molecule has 0 heterocycles. The predicted molar refractivity (Wildman–Crippen MR) is 83.0 cm³/mol. The zero-order chi connectivity index (χ0) is 17.8. The molecular weight excluding hydrogens is 299 g/mol. The Morgan fingerprint density at radius 2 is 1.78 bits per heavy atom. The third-order valence-corrected chi connectivity index (χ3v) is 3.49. The fourth-order valence-electron chi connectivity index (χ4n) is 2.01. The number of carbonyl (C=O) groups is 2. The molecule has 124 valence electrons. The topological polar surface area (TPSA) is 79.2 Å². The second-order valence-electron chi connectivity index (χ2n) is 6.43. The first-order valence-corrected chi connectivity index (χ1v) is 7.12. The van der Waals surface area contributed by atoms with E-state index in [1.165, 1.54) is 25.3 Å². The number of ether oxygens (including phenoxy) is 1. The van der Waals surface area contributed by atoms with Gasteiger partial charge in [0.2, 0.25) is 0 Å². The number of nitrogens with one attached hydrogen (secondary N) is 1. The van der Waals surface area contributed by atoms with Gasteiger partial charge in [0, 0.05) is 5.56 Å². The van der Waals surface area contributed by atoms with Crippen molar-refractivity contribution >= 4 is 11.9 Å². The molecule has 1 N–H and O–H groups in total. The van der Waals surface area contributed by atoms with Crippen molar-refractivity contribution in [3.63, 3.8) is 0 Å². The molecule has 6 heteroatoms. The van der Waals surface area contributed by atoms with Crippen LogP contribution in [0, 0.1) is 23.7 Å². The van der Waals surface area contributed by atoms with Crippen LogP contribution in [0.5, 0.6) is 0 Å². The van der Waals surface area contributed by atoms with Crippen LogP contribution in [0.15, 0.2) is 24.3 Å². The number of amides is 1.